The Balaban J connectivity index is 2.89. The van der Waals surface area contributed by atoms with Crippen molar-refractivity contribution in [3.8, 4) is 6.19 Å². The van der Waals surface area contributed by atoms with E-state index in [1.54, 1.807) is 12.3 Å². The van der Waals surface area contributed by atoms with Crippen molar-refractivity contribution in [3.63, 3.8) is 0 Å². The van der Waals surface area contributed by atoms with Gasteiger partial charge in [0.2, 0.25) is 0 Å². The second-order valence-corrected chi connectivity index (χ2v) is 4.43. The Morgan fingerprint density at radius 3 is 2.88 bits per heavy atom. The zero-order valence-electron chi connectivity index (χ0n) is 9.77. The first-order valence-corrected chi connectivity index (χ1v) is 6.73. The van der Waals surface area contributed by atoms with Crippen LogP contribution in [-0.2, 0) is 6.54 Å². The Morgan fingerprint density at radius 2 is 2.41 bits per heavy atom. The first-order chi connectivity index (χ1) is 8.21. The molecule has 0 atom stereocenters. The SMILES string of the molecule is CC[N+](Cc1ccc(Cl)nc1)=C(NC#N)SC. The van der Waals surface area contributed by atoms with E-state index in [0.717, 1.165) is 17.3 Å². The lowest BCUT2D eigenvalue weighted by Crippen LogP contribution is -2.28. The summed E-state index contributed by atoms with van der Waals surface area (Å²) < 4.78 is 2.07. The fraction of sp³-hybridized carbons (Fsp3) is 0.364. The van der Waals surface area contributed by atoms with Crippen LogP contribution < -0.4 is 5.32 Å². The van der Waals surface area contributed by atoms with E-state index in [4.69, 9.17) is 16.9 Å². The van der Waals surface area contributed by atoms with Crippen molar-refractivity contribution in [1.82, 2.24) is 10.3 Å². The van der Waals surface area contributed by atoms with Crippen molar-refractivity contribution in [1.29, 1.82) is 5.26 Å². The highest BCUT2D eigenvalue weighted by atomic mass is 35.5. The molecular weight excluding hydrogens is 256 g/mol. The van der Waals surface area contributed by atoms with E-state index in [1.165, 1.54) is 11.8 Å². The van der Waals surface area contributed by atoms with E-state index in [-0.39, 0.29) is 0 Å². The molecular formula is C11H14ClN4S+. The number of nitrogens with one attached hydrogen (secondary N) is 1. The summed E-state index contributed by atoms with van der Waals surface area (Å²) in [6, 6.07) is 3.70. The monoisotopic (exact) mass is 269 g/mol. The molecule has 1 aromatic heterocycles. The van der Waals surface area contributed by atoms with Gasteiger partial charge in [-0.25, -0.2) is 4.98 Å². The van der Waals surface area contributed by atoms with E-state index in [1.807, 2.05) is 25.4 Å². The molecule has 0 unspecified atom stereocenters. The summed E-state index contributed by atoms with van der Waals surface area (Å²) in [4.78, 5) is 4.03. The number of amidine groups is 1. The van der Waals surface area contributed by atoms with Gasteiger partial charge in [0.15, 0.2) is 0 Å². The lowest BCUT2D eigenvalue weighted by molar-refractivity contribution is -0.539. The highest BCUT2D eigenvalue weighted by Gasteiger charge is 2.11. The molecule has 0 saturated carbocycles. The Labute approximate surface area is 110 Å². The third-order valence-electron chi connectivity index (χ3n) is 2.19. The van der Waals surface area contributed by atoms with Crippen LogP contribution in [0.3, 0.4) is 0 Å². The van der Waals surface area contributed by atoms with Gasteiger partial charge in [0.25, 0.3) is 6.19 Å². The van der Waals surface area contributed by atoms with Gasteiger partial charge in [0.05, 0.1) is 6.54 Å². The number of halogens is 1. The van der Waals surface area contributed by atoms with Crippen LogP contribution in [0.2, 0.25) is 5.15 Å². The van der Waals surface area contributed by atoms with Crippen LogP contribution in [0, 0.1) is 11.5 Å². The Morgan fingerprint density at radius 1 is 1.65 bits per heavy atom. The average Bonchev–Trinajstić information content (AvgIpc) is 2.36. The van der Waals surface area contributed by atoms with E-state index < -0.39 is 0 Å². The molecule has 0 radical (unpaired) electrons. The predicted molar refractivity (Wildman–Crippen MR) is 71.0 cm³/mol. The molecule has 0 spiro atoms. The van der Waals surface area contributed by atoms with Crippen molar-refractivity contribution in [2.75, 3.05) is 12.8 Å². The molecule has 1 rings (SSSR count). The normalized spacial score (nSPS) is 11.6. The molecule has 1 heterocycles. The first-order valence-electron chi connectivity index (χ1n) is 5.12. The van der Waals surface area contributed by atoms with Gasteiger partial charge in [0.1, 0.15) is 11.7 Å². The minimum atomic E-state index is 0.487. The first kappa shape index (κ1) is 13.8. The largest absolute Gasteiger partial charge is 0.321 e. The van der Waals surface area contributed by atoms with Crippen molar-refractivity contribution in [2.45, 2.75) is 13.5 Å². The summed E-state index contributed by atoms with van der Waals surface area (Å²) in [7, 11) is 0. The van der Waals surface area contributed by atoms with E-state index in [2.05, 4.69) is 14.9 Å². The molecule has 0 aliphatic rings. The average molecular weight is 270 g/mol. The Kier molecular flexibility index (Phi) is 5.81. The van der Waals surface area contributed by atoms with Gasteiger partial charge in [-0.3, -0.25) is 4.58 Å². The van der Waals surface area contributed by atoms with Crippen LogP contribution in [0.4, 0.5) is 0 Å². The molecule has 0 fully saturated rings. The fourth-order valence-electron chi connectivity index (χ4n) is 1.35. The van der Waals surface area contributed by atoms with Gasteiger partial charge in [-0.1, -0.05) is 17.7 Å². The number of pyridine rings is 1. The van der Waals surface area contributed by atoms with Gasteiger partial charge in [0, 0.05) is 11.8 Å². The minimum Gasteiger partial charge on any atom is -0.251 e. The maximum atomic E-state index is 8.66. The fourth-order valence-corrected chi connectivity index (χ4v) is 2.07. The summed E-state index contributed by atoms with van der Waals surface area (Å²) in [5.41, 5.74) is 1.06. The standard InChI is InChI=1S/C11H13ClN4S/c1-3-16(11(17-2)15-8-13)7-9-4-5-10(12)14-6-9/h4-6H,3,7H2,1-2H3/p+1. The highest BCUT2D eigenvalue weighted by Crippen LogP contribution is 2.07. The number of rotatable bonds is 3. The zero-order valence-corrected chi connectivity index (χ0v) is 11.3. The molecule has 0 aliphatic heterocycles. The summed E-state index contributed by atoms with van der Waals surface area (Å²) in [5.74, 6) is 0. The molecule has 1 aromatic rings. The molecule has 90 valence electrons. The summed E-state index contributed by atoms with van der Waals surface area (Å²) >= 11 is 7.24. The van der Waals surface area contributed by atoms with Crippen LogP contribution >= 0.6 is 23.4 Å². The summed E-state index contributed by atoms with van der Waals surface area (Å²) in [6.07, 6.45) is 5.62. The Hall–Kier alpha value is -1.25. The lowest BCUT2D eigenvalue weighted by atomic mass is 10.3. The quantitative estimate of drug-likeness (QED) is 0.228. The molecule has 0 aromatic carbocycles. The van der Waals surface area contributed by atoms with Crippen LogP contribution in [0.5, 0.6) is 0 Å². The predicted octanol–water partition coefficient (Wildman–Crippen LogP) is 2.06. The van der Waals surface area contributed by atoms with Gasteiger partial charge in [-0.05, 0) is 31.0 Å². The van der Waals surface area contributed by atoms with Gasteiger partial charge in [-0.2, -0.15) is 5.32 Å². The number of nitriles is 1. The number of nitrogens with zero attached hydrogens (tertiary/aromatic N) is 3. The highest BCUT2D eigenvalue weighted by molar-refractivity contribution is 8.13. The molecule has 0 bridgehead atoms. The smallest absolute Gasteiger partial charge is 0.251 e. The van der Waals surface area contributed by atoms with Gasteiger partial charge < -0.3 is 0 Å². The van der Waals surface area contributed by atoms with Crippen molar-refractivity contribution >= 4 is 28.5 Å². The van der Waals surface area contributed by atoms with E-state index in [9.17, 15) is 0 Å². The molecule has 6 heteroatoms. The molecule has 0 amide bonds. The molecule has 1 N–H and O–H groups in total. The van der Waals surface area contributed by atoms with E-state index in [0.29, 0.717) is 11.7 Å². The Bertz CT molecular complexity index is 436. The molecule has 0 aliphatic carbocycles. The third kappa shape index (κ3) is 4.25. The van der Waals surface area contributed by atoms with Crippen LogP contribution in [0.25, 0.3) is 0 Å². The number of aromatic nitrogens is 1. The van der Waals surface area contributed by atoms with Crippen molar-refractivity contribution in [3.05, 3.63) is 29.0 Å². The summed E-state index contributed by atoms with van der Waals surface area (Å²) in [5, 5.41) is 12.7. The van der Waals surface area contributed by atoms with Crippen LogP contribution in [0.15, 0.2) is 18.3 Å². The second kappa shape index (κ2) is 7.15. The van der Waals surface area contributed by atoms with Crippen LogP contribution in [0.1, 0.15) is 12.5 Å². The number of hydrogen-bond acceptors (Lipinski definition) is 3. The number of hydrogen-bond donors (Lipinski definition) is 1. The van der Waals surface area contributed by atoms with E-state index >= 15 is 0 Å². The van der Waals surface area contributed by atoms with Crippen molar-refractivity contribution < 1.29 is 4.58 Å². The number of thioether (sulfide) groups is 1. The topological polar surface area (TPSA) is 51.7 Å². The maximum Gasteiger partial charge on any atom is 0.321 e. The zero-order chi connectivity index (χ0) is 12.7. The van der Waals surface area contributed by atoms with Crippen molar-refractivity contribution in [2.24, 2.45) is 0 Å². The van der Waals surface area contributed by atoms with Crippen LogP contribution in [-0.4, -0.2) is 27.5 Å². The molecule has 0 saturated heterocycles. The van der Waals surface area contributed by atoms with Gasteiger partial charge >= 0.3 is 5.17 Å². The van der Waals surface area contributed by atoms with Gasteiger partial charge in [-0.15, -0.1) is 5.26 Å². The summed E-state index contributed by atoms with van der Waals surface area (Å²) in [6.45, 7) is 3.55. The second-order valence-electron chi connectivity index (χ2n) is 3.25. The third-order valence-corrected chi connectivity index (χ3v) is 3.16. The molecule has 17 heavy (non-hydrogen) atoms. The molecule has 4 nitrogen and oxygen atoms in total. The maximum absolute atomic E-state index is 8.66. The lowest BCUT2D eigenvalue weighted by Gasteiger charge is -2.07. The minimum absolute atomic E-state index is 0.487.